The SMILES string of the molecule is CC(C(=O)O)(c1cccnc1)C1CC1. The van der Waals surface area contributed by atoms with Gasteiger partial charge in [0.05, 0.1) is 5.41 Å². The fourth-order valence-electron chi connectivity index (χ4n) is 1.86. The fourth-order valence-corrected chi connectivity index (χ4v) is 1.86. The van der Waals surface area contributed by atoms with Crippen LogP contribution in [0.5, 0.6) is 0 Å². The van der Waals surface area contributed by atoms with Crippen molar-refractivity contribution in [1.82, 2.24) is 4.98 Å². The molecule has 0 amide bonds. The van der Waals surface area contributed by atoms with Crippen molar-refractivity contribution in [2.75, 3.05) is 0 Å². The van der Waals surface area contributed by atoms with E-state index in [-0.39, 0.29) is 5.92 Å². The van der Waals surface area contributed by atoms with Crippen LogP contribution in [0.1, 0.15) is 25.3 Å². The summed E-state index contributed by atoms with van der Waals surface area (Å²) >= 11 is 0. The van der Waals surface area contributed by atoms with E-state index in [4.69, 9.17) is 0 Å². The topological polar surface area (TPSA) is 50.2 Å². The van der Waals surface area contributed by atoms with Crippen LogP contribution >= 0.6 is 0 Å². The van der Waals surface area contributed by atoms with Crippen molar-refractivity contribution in [2.24, 2.45) is 5.92 Å². The molecule has 1 fully saturated rings. The minimum Gasteiger partial charge on any atom is -0.481 e. The van der Waals surface area contributed by atoms with Crippen LogP contribution in [0, 0.1) is 5.92 Å². The second-order valence-corrected chi connectivity index (χ2v) is 4.02. The number of hydrogen-bond donors (Lipinski definition) is 1. The quantitative estimate of drug-likeness (QED) is 0.793. The summed E-state index contributed by atoms with van der Waals surface area (Å²) in [5.41, 5.74) is 0.0730. The van der Waals surface area contributed by atoms with Crippen molar-refractivity contribution in [1.29, 1.82) is 0 Å². The van der Waals surface area contributed by atoms with Crippen LogP contribution in [0.3, 0.4) is 0 Å². The minimum absolute atomic E-state index is 0.282. The number of carboxylic acid groups (broad SMARTS) is 1. The second-order valence-electron chi connectivity index (χ2n) is 4.02. The van der Waals surface area contributed by atoms with Gasteiger partial charge in [0, 0.05) is 12.4 Å². The minimum atomic E-state index is -0.743. The molecule has 3 heteroatoms. The molecule has 1 heterocycles. The number of nitrogens with zero attached hydrogens (tertiary/aromatic N) is 1. The van der Waals surface area contributed by atoms with Gasteiger partial charge in [-0.2, -0.15) is 0 Å². The Labute approximate surface area is 82.8 Å². The highest BCUT2D eigenvalue weighted by atomic mass is 16.4. The average molecular weight is 191 g/mol. The Hall–Kier alpha value is -1.38. The van der Waals surface area contributed by atoms with Crippen LogP contribution < -0.4 is 0 Å². The number of aliphatic carboxylic acids is 1. The Morgan fingerprint density at radius 2 is 2.36 bits per heavy atom. The van der Waals surface area contributed by atoms with Gasteiger partial charge in [0.2, 0.25) is 0 Å². The number of carboxylic acids is 1. The van der Waals surface area contributed by atoms with Gasteiger partial charge in [-0.1, -0.05) is 6.07 Å². The summed E-state index contributed by atoms with van der Waals surface area (Å²) in [7, 11) is 0. The summed E-state index contributed by atoms with van der Waals surface area (Å²) < 4.78 is 0. The molecule has 0 bridgehead atoms. The van der Waals surface area contributed by atoms with Crippen LogP contribution in [0.4, 0.5) is 0 Å². The Balaban J connectivity index is 2.41. The third-order valence-corrected chi connectivity index (χ3v) is 3.10. The molecule has 3 nitrogen and oxygen atoms in total. The van der Waals surface area contributed by atoms with E-state index in [1.54, 1.807) is 25.4 Å². The highest BCUT2D eigenvalue weighted by molar-refractivity contribution is 5.81. The first-order valence-corrected chi connectivity index (χ1v) is 4.79. The fraction of sp³-hybridized carbons (Fsp3) is 0.455. The molecule has 1 N–H and O–H groups in total. The lowest BCUT2D eigenvalue weighted by Gasteiger charge is -2.24. The van der Waals surface area contributed by atoms with Crippen molar-refractivity contribution < 1.29 is 9.90 Å². The largest absolute Gasteiger partial charge is 0.481 e. The van der Waals surface area contributed by atoms with Crippen LogP contribution in [0.2, 0.25) is 0 Å². The van der Waals surface area contributed by atoms with Gasteiger partial charge in [-0.3, -0.25) is 9.78 Å². The van der Waals surface area contributed by atoms with Gasteiger partial charge < -0.3 is 5.11 Å². The van der Waals surface area contributed by atoms with Crippen molar-refractivity contribution in [2.45, 2.75) is 25.2 Å². The van der Waals surface area contributed by atoms with E-state index in [0.717, 1.165) is 18.4 Å². The molecule has 0 spiro atoms. The highest BCUT2D eigenvalue weighted by Gasteiger charge is 2.48. The lowest BCUT2D eigenvalue weighted by molar-refractivity contribution is -0.144. The zero-order valence-corrected chi connectivity index (χ0v) is 8.10. The number of carbonyl (C=O) groups is 1. The lowest BCUT2D eigenvalue weighted by Crippen LogP contribution is -2.34. The number of aromatic nitrogens is 1. The van der Waals surface area contributed by atoms with Gasteiger partial charge in [-0.05, 0) is 37.3 Å². The van der Waals surface area contributed by atoms with E-state index < -0.39 is 11.4 Å². The standard InChI is InChI=1S/C11H13NO2/c1-11(10(13)14,8-4-5-8)9-3-2-6-12-7-9/h2-3,6-8H,4-5H2,1H3,(H,13,14). The molecule has 74 valence electrons. The van der Waals surface area contributed by atoms with Crippen LogP contribution in [-0.2, 0) is 10.2 Å². The highest BCUT2D eigenvalue weighted by Crippen LogP contribution is 2.47. The molecular weight excluding hydrogens is 178 g/mol. The van der Waals surface area contributed by atoms with Crippen LogP contribution in [0.15, 0.2) is 24.5 Å². The van der Waals surface area contributed by atoms with E-state index in [1.807, 2.05) is 6.07 Å². The van der Waals surface area contributed by atoms with Gasteiger partial charge in [0.15, 0.2) is 0 Å². The van der Waals surface area contributed by atoms with E-state index in [0.29, 0.717) is 0 Å². The molecule has 1 saturated carbocycles. The number of pyridine rings is 1. The molecule has 1 aromatic heterocycles. The van der Waals surface area contributed by atoms with Gasteiger partial charge >= 0.3 is 5.97 Å². The maximum absolute atomic E-state index is 11.3. The predicted molar refractivity (Wildman–Crippen MR) is 51.9 cm³/mol. The Morgan fingerprint density at radius 3 is 2.79 bits per heavy atom. The third-order valence-electron chi connectivity index (χ3n) is 3.10. The molecule has 0 saturated heterocycles. The smallest absolute Gasteiger partial charge is 0.314 e. The summed E-state index contributed by atoms with van der Waals surface area (Å²) in [6.45, 7) is 1.80. The molecule has 0 radical (unpaired) electrons. The van der Waals surface area contributed by atoms with E-state index >= 15 is 0 Å². The normalized spacial score (nSPS) is 20.1. The Morgan fingerprint density at radius 1 is 1.64 bits per heavy atom. The molecule has 0 aromatic carbocycles. The van der Waals surface area contributed by atoms with Crippen LogP contribution in [-0.4, -0.2) is 16.1 Å². The number of rotatable bonds is 3. The second kappa shape index (κ2) is 3.08. The van der Waals surface area contributed by atoms with E-state index in [1.165, 1.54) is 0 Å². The maximum atomic E-state index is 11.3. The lowest BCUT2D eigenvalue weighted by atomic mass is 9.79. The third kappa shape index (κ3) is 1.29. The van der Waals surface area contributed by atoms with E-state index in [2.05, 4.69) is 4.98 Å². The predicted octanol–water partition coefficient (Wildman–Crippen LogP) is 1.83. The maximum Gasteiger partial charge on any atom is 0.314 e. The summed E-state index contributed by atoms with van der Waals surface area (Å²) in [5, 5.41) is 9.27. The molecule has 1 aliphatic rings. The van der Waals surface area contributed by atoms with Gasteiger partial charge in [-0.15, -0.1) is 0 Å². The molecule has 14 heavy (non-hydrogen) atoms. The zero-order chi connectivity index (χ0) is 10.2. The van der Waals surface area contributed by atoms with Crippen LogP contribution in [0.25, 0.3) is 0 Å². The molecular formula is C11H13NO2. The first-order chi connectivity index (χ1) is 6.65. The van der Waals surface area contributed by atoms with Crippen molar-refractivity contribution in [3.8, 4) is 0 Å². The summed E-state index contributed by atoms with van der Waals surface area (Å²) in [4.78, 5) is 15.3. The van der Waals surface area contributed by atoms with E-state index in [9.17, 15) is 9.90 Å². The van der Waals surface area contributed by atoms with Gasteiger partial charge in [0.25, 0.3) is 0 Å². The molecule has 1 aromatic rings. The first kappa shape index (κ1) is 9.19. The van der Waals surface area contributed by atoms with Gasteiger partial charge in [0.1, 0.15) is 0 Å². The zero-order valence-electron chi connectivity index (χ0n) is 8.10. The molecule has 1 atom stereocenters. The average Bonchev–Trinajstić information content (AvgIpc) is 3.01. The monoisotopic (exact) mass is 191 g/mol. The van der Waals surface area contributed by atoms with Crippen molar-refractivity contribution in [3.63, 3.8) is 0 Å². The molecule has 0 aliphatic heterocycles. The van der Waals surface area contributed by atoms with Gasteiger partial charge in [-0.25, -0.2) is 0 Å². The van der Waals surface area contributed by atoms with Crippen molar-refractivity contribution >= 4 is 5.97 Å². The molecule has 1 unspecified atom stereocenters. The summed E-state index contributed by atoms with van der Waals surface area (Å²) in [6.07, 6.45) is 5.35. The van der Waals surface area contributed by atoms with Crippen molar-refractivity contribution in [3.05, 3.63) is 30.1 Å². The first-order valence-electron chi connectivity index (χ1n) is 4.79. The molecule has 1 aliphatic carbocycles. The Kier molecular flexibility index (Phi) is 2.02. The summed E-state index contributed by atoms with van der Waals surface area (Å²) in [5.74, 6) is -0.461. The number of hydrogen-bond acceptors (Lipinski definition) is 2. The molecule has 2 rings (SSSR count). The Bertz CT molecular complexity index is 346. The summed E-state index contributed by atoms with van der Waals surface area (Å²) in [6, 6.07) is 3.64.